The summed E-state index contributed by atoms with van der Waals surface area (Å²) in [5.41, 5.74) is 0.671. The summed E-state index contributed by atoms with van der Waals surface area (Å²) in [6.07, 6.45) is 1.99. The van der Waals surface area contributed by atoms with E-state index >= 15 is 0 Å². The van der Waals surface area contributed by atoms with Crippen LogP contribution in [0.25, 0.3) is 0 Å². The van der Waals surface area contributed by atoms with Crippen LogP contribution >= 0.6 is 15.9 Å². The summed E-state index contributed by atoms with van der Waals surface area (Å²) in [4.78, 5) is 0. The molecule has 0 bridgehead atoms. The molecule has 19 heavy (non-hydrogen) atoms. The first kappa shape index (κ1) is 14.9. The van der Waals surface area contributed by atoms with E-state index in [0.717, 1.165) is 30.5 Å². The van der Waals surface area contributed by atoms with E-state index in [0.29, 0.717) is 17.5 Å². The zero-order chi connectivity index (χ0) is 13.8. The molecule has 2 atom stereocenters. The van der Waals surface area contributed by atoms with Gasteiger partial charge in [0.05, 0.1) is 6.10 Å². The van der Waals surface area contributed by atoms with Crippen molar-refractivity contribution in [1.29, 1.82) is 0 Å². The van der Waals surface area contributed by atoms with Crippen molar-refractivity contribution in [3.8, 4) is 0 Å². The summed E-state index contributed by atoms with van der Waals surface area (Å²) in [6.45, 7) is 5.83. The minimum absolute atomic E-state index is 0.141. The quantitative estimate of drug-likeness (QED) is 0.899. The van der Waals surface area contributed by atoms with Gasteiger partial charge < -0.3 is 10.1 Å². The zero-order valence-corrected chi connectivity index (χ0v) is 13.0. The lowest BCUT2D eigenvalue weighted by Gasteiger charge is -2.33. The van der Waals surface area contributed by atoms with Gasteiger partial charge in [-0.05, 0) is 31.0 Å². The van der Waals surface area contributed by atoms with Crippen LogP contribution in [0, 0.1) is 11.7 Å². The van der Waals surface area contributed by atoms with E-state index in [-0.39, 0.29) is 11.9 Å². The third-order valence-electron chi connectivity index (χ3n) is 3.50. The maximum atomic E-state index is 14.0. The van der Waals surface area contributed by atoms with Gasteiger partial charge in [0.25, 0.3) is 0 Å². The van der Waals surface area contributed by atoms with Crippen molar-refractivity contribution < 1.29 is 9.13 Å². The van der Waals surface area contributed by atoms with E-state index in [1.165, 1.54) is 6.07 Å². The van der Waals surface area contributed by atoms with E-state index in [2.05, 4.69) is 35.1 Å². The van der Waals surface area contributed by atoms with E-state index in [9.17, 15) is 4.39 Å². The second kappa shape index (κ2) is 6.82. The third-order valence-corrected chi connectivity index (χ3v) is 3.99. The fourth-order valence-corrected chi connectivity index (χ4v) is 2.89. The van der Waals surface area contributed by atoms with Gasteiger partial charge in [-0.25, -0.2) is 4.39 Å². The average molecular weight is 330 g/mol. The van der Waals surface area contributed by atoms with Crippen LogP contribution in [-0.2, 0) is 4.74 Å². The predicted octanol–water partition coefficient (Wildman–Crippen LogP) is 4.05. The second-order valence-electron chi connectivity index (χ2n) is 5.42. The summed E-state index contributed by atoms with van der Waals surface area (Å²) in [7, 11) is 0. The number of halogens is 2. The first-order chi connectivity index (χ1) is 9.08. The Kier molecular flexibility index (Phi) is 5.37. The van der Waals surface area contributed by atoms with Crippen molar-refractivity contribution in [1.82, 2.24) is 5.32 Å². The Hall–Kier alpha value is -0.450. The summed E-state index contributed by atoms with van der Waals surface area (Å²) in [5.74, 6) is 0.157. The molecule has 0 saturated carbocycles. The topological polar surface area (TPSA) is 21.3 Å². The number of nitrogens with one attached hydrogen (secondary N) is 1. The normalized spacial score (nSPS) is 23.8. The van der Waals surface area contributed by atoms with Crippen molar-refractivity contribution >= 4 is 15.9 Å². The van der Waals surface area contributed by atoms with E-state index < -0.39 is 0 Å². The van der Waals surface area contributed by atoms with E-state index in [4.69, 9.17) is 4.74 Å². The van der Waals surface area contributed by atoms with Crippen LogP contribution in [0.15, 0.2) is 22.7 Å². The summed E-state index contributed by atoms with van der Waals surface area (Å²) in [6, 6.07) is 5.51. The predicted molar refractivity (Wildman–Crippen MR) is 78.7 cm³/mol. The standard InChI is InChI=1S/C15H21BrFNO/c1-10(2)18-9-11-4-3-7-19-15(11)13-8-12(16)5-6-14(13)17/h5-6,8,10-11,15,18H,3-4,7,9H2,1-2H3. The average Bonchev–Trinajstić information content (AvgIpc) is 2.39. The Morgan fingerprint density at radius 2 is 2.26 bits per heavy atom. The Balaban J connectivity index is 2.16. The highest BCUT2D eigenvalue weighted by molar-refractivity contribution is 9.10. The van der Waals surface area contributed by atoms with Crippen molar-refractivity contribution in [3.05, 3.63) is 34.1 Å². The Morgan fingerprint density at radius 1 is 1.47 bits per heavy atom. The second-order valence-corrected chi connectivity index (χ2v) is 6.34. The Bertz CT molecular complexity index is 425. The van der Waals surface area contributed by atoms with Gasteiger partial charge in [0, 0.05) is 35.1 Å². The van der Waals surface area contributed by atoms with Crippen LogP contribution in [0.3, 0.4) is 0 Å². The number of ether oxygens (including phenoxy) is 1. The maximum absolute atomic E-state index is 14.0. The Morgan fingerprint density at radius 3 is 3.00 bits per heavy atom. The third kappa shape index (κ3) is 4.01. The molecule has 1 saturated heterocycles. The maximum Gasteiger partial charge on any atom is 0.129 e. The van der Waals surface area contributed by atoms with Gasteiger partial charge in [-0.1, -0.05) is 29.8 Å². The zero-order valence-electron chi connectivity index (χ0n) is 11.5. The minimum Gasteiger partial charge on any atom is -0.373 e. The van der Waals surface area contributed by atoms with E-state index in [1.54, 1.807) is 6.07 Å². The molecule has 1 N–H and O–H groups in total. The SMILES string of the molecule is CC(C)NCC1CCCOC1c1cc(Br)ccc1F. The molecule has 0 aromatic heterocycles. The van der Waals surface area contributed by atoms with Crippen molar-refractivity contribution in [3.63, 3.8) is 0 Å². The number of benzene rings is 1. The summed E-state index contributed by atoms with van der Waals surface area (Å²) >= 11 is 3.41. The minimum atomic E-state index is -0.176. The van der Waals surface area contributed by atoms with E-state index in [1.807, 2.05) is 6.07 Å². The molecular weight excluding hydrogens is 309 g/mol. The molecule has 106 valence electrons. The number of hydrogen-bond donors (Lipinski definition) is 1. The van der Waals surface area contributed by atoms with Crippen molar-refractivity contribution in [2.45, 2.75) is 38.8 Å². The highest BCUT2D eigenvalue weighted by Gasteiger charge is 2.29. The van der Waals surface area contributed by atoms with Gasteiger partial charge >= 0.3 is 0 Å². The van der Waals surface area contributed by atoms with Gasteiger partial charge in [0.15, 0.2) is 0 Å². The molecule has 1 aliphatic rings. The summed E-state index contributed by atoms with van der Waals surface area (Å²) in [5, 5.41) is 3.43. The smallest absolute Gasteiger partial charge is 0.129 e. The van der Waals surface area contributed by atoms with Gasteiger partial charge in [-0.15, -0.1) is 0 Å². The molecular formula is C15H21BrFNO. The molecule has 1 aliphatic heterocycles. The highest BCUT2D eigenvalue weighted by Crippen LogP contribution is 2.35. The van der Waals surface area contributed by atoms with Crippen LogP contribution in [0.1, 0.15) is 38.4 Å². The highest BCUT2D eigenvalue weighted by atomic mass is 79.9. The molecule has 4 heteroatoms. The van der Waals surface area contributed by atoms with Crippen LogP contribution in [-0.4, -0.2) is 19.2 Å². The van der Waals surface area contributed by atoms with Crippen molar-refractivity contribution in [2.75, 3.05) is 13.2 Å². The molecule has 0 spiro atoms. The van der Waals surface area contributed by atoms with Crippen LogP contribution in [0.5, 0.6) is 0 Å². The summed E-state index contributed by atoms with van der Waals surface area (Å²) < 4.78 is 20.7. The van der Waals surface area contributed by atoms with Crippen molar-refractivity contribution in [2.24, 2.45) is 5.92 Å². The fourth-order valence-electron chi connectivity index (χ4n) is 2.52. The molecule has 2 unspecified atom stereocenters. The molecule has 0 amide bonds. The largest absolute Gasteiger partial charge is 0.373 e. The molecule has 2 rings (SSSR count). The van der Waals surface area contributed by atoms with Gasteiger partial charge in [0.2, 0.25) is 0 Å². The molecule has 1 aromatic carbocycles. The van der Waals surface area contributed by atoms with Crippen LogP contribution in [0.4, 0.5) is 4.39 Å². The van der Waals surface area contributed by atoms with Gasteiger partial charge in [0.1, 0.15) is 5.82 Å². The lowest BCUT2D eigenvalue weighted by molar-refractivity contribution is -0.0301. The molecule has 0 radical (unpaired) electrons. The number of hydrogen-bond acceptors (Lipinski definition) is 2. The van der Waals surface area contributed by atoms with Crippen LogP contribution in [0.2, 0.25) is 0 Å². The molecule has 1 fully saturated rings. The molecule has 0 aliphatic carbocycles. The monoisotopic (exact) mass is 329 g/mol. The number of rotatable bonds is 4. The molecule has 1 aromatic rings. The first-order valence-electron chi connectivity index (χ1n) is 6.88. The van der Waals surface area contributed by atoms with Gasteiger partial charge in [-0.2, -0.15) is 0 Å². The fraction of sp³-hybridized carbons (Fsp3) is 0.600. The van der Waals surface area contributed by atoms with Crippen LogP contribution < -0.4 is 5.32 Å². The Labute approximate surface area is 122 Å². The molecule has 2 nitrogen and oxygen atoms in total. The lowest BCUT2D eigenvalue weighted by Crippen LogP contribution is -2.35. The molecule has 1 heterocycles. The lowest BCUT2D eigenvalue weighted by atomic mass is 9.89. The first-order valence-corrected chi connectivity index (χ1v) is 7.67. The van der Waals surface area contributed by atoms with Gasteiger partial charge in [-0.3, -0.25) is 0 Å².